The van der Waals surface area contributed by atoms with E-state index < -0.39 is 0 Å². The van der Waals surface area contributed by atoms with Gasteiger partial charge in [-0.25, -0.2) is 14.4 Å². The lowest BCUT2D eigenvalue weighted by molar-refractivity contribution is 0.586. The summed E-state index contributed by atoms with van der Waals surface area (Å²) in [5, 5.41) is 8.12. The van der Waals surface area contributed by atoms with Crippen LogP contribution in [0.15, 0.2) is 36.8 Å². The summed E-state index contributed by atoms with van der Waals surface area (Å²) in [5.41, 5.74) is 1.19. The Hall–Kier alpha value is -2.50. The van der Waals surface area contributed by atoms with Gasteiger partial charge < -0.3 is 5.32 Å². The van der Waals surface area contributed by atoms with Crippen molar-refractivity contribution >= 4 is 16.9 Å². The second-order valence-electron chi connectivity index (χ2n) is 4.13. The zero-order valence-corrected chi connectivity index (χ0v) is 10.3. The fourth-order valence-electron chi connectivity index (χ4n) is 1.97. The van der Waals surface area contributed by atoms with Gasteiger partial charge in [-0.3, -0.25) is 4.68 Å². The Morgan fingerprint density at radius 2 is 2.11 bits per heavy atom. The molecule has 0 aliphatic carbocycles. The number of rotatable bonds is 3. The molecular formula is C13H12FN5. The maximum Gasteiger partial charge on any atom is 0.186 e. The van der Waals surface area contributed by atoms with E-state index in [1.165, 1.54) is 12.4 Å². The smallest absolute Gasteiger partial charge is 0.186 e. The molecule has 2 aromatic heterocycles. The third-order valence-electron chi connectivity index (χ3n) is 2.89. The molecule has 0 aliphatic rings. The first-order chi connectivity index (χ1) is 9.28. The molecule has 1 aromatic carbocycles. The van der Waals surface area contributed by atoms with Crippen molar-refractivity contribution in [2.75, 3.05) is 12.4 Å². The summed E-state index contributed by atoms with van der Waals surface area (Å²) >= 11 is 0. The molecule has 96 valence electrons. The van der Waals surface area contributed by atoms with E-state index in [1.54, 1.807) is 29.9 Å². The molecule has 5 nitrogen and oxygen atoms in total. The van der Waals surface area contributed by atoms with Crippen LogP contribution in [0.25, 0.3) is 11.0 Å². The number of anilines is 1. The molecule has 3 aromatic rings. The van der Waals surface area contributed by atoms with Crippen LogP contribution in [0.4, 0.5) is 10.2 Å². The van der Waals surface area contributed by atoms with E-state index in [0.717, 1.165) is 5.39 Å². The second kappa shape index (κ2) is 4.64. The highest BCUT2D eigenvalue weighted by Crippen LogP contribution is 2.18. The Morgan fingerprint density at radius 1 is 1.26 bits per heavy atom. The highest BCUT2D eigenvalue weighted by atomic mass is 19.1. The van der Waals surface area contributed by atoms with Crippen LogP contribution in [0.5, 0.6) is 0 Å². The van der Waals surface area contributed by atoms with Gasteiger partial charge in [-0.1, -0.05) is 18.2 Å². The Labute approximate surface area is 109 Å². The highest BCUT2D eigenvalue weighted by molar-refractivity contribution is 5.85. The quantitative estimate of drug-likeness (QED) is 0.780. The van der Waals surface area contributed by atoms with Crippen molar-refractivity contribution < 1.29 is 4.39 Å². The van der Waals surface area contributed by atoms with Crippen LogP contribution < -0.4 is 5.32 Å². The van der Waals surface area contributed by atoms with Crippen LogP contribution in [0.3, 0.4) is 0 Å². The summed E-state index contributed by atoms with van der Waals surface area (Å²) in [4.78, 5) is 8.21. The zero-order valence-electron chi connectivity index (χ0n) is 10.3. The SMILES string of the molecule is CNc1ncnc2nn(Cc3ccccc3F)cc12. The van der Waals surface area contributed by atoms with Gasteiger partial charge in [-0.05, 0) is 6.07 Å². The first-order valence-corrected chi connectivity index (χ1v) is 5.87. The van der Waals surface area contributed by atoms with E-state index in [-0.39, 0.29) is 5.82 Å². The van der Waals surface area contributed by atoms with E-state index in [2.05, 4.69) is 20.4 Å². The molecule has 0 fully saturated rings. The summed E-state index contributed by atoms with van der Waals surface area (Å²) in [6.07, 6.45) is 3.27. The lowest BCUT2D eigenvalue weighted by Gasteiger charge is -2.02. The molecule has 19 heavy (non-hydrogen) atoms. The second-order valence-corrected chi connectivity index (χ2v) is 4.13. The molecule has 3 rings (SSSR count). The Balaban J connectivity index is 2.00. The maximum absolute atomic E-state index is 13.6. The third kappa shape index (κ3) is 2.12. The fraction of sp³-hybridized carbons (Fsp3) is 0.154. The Morgan fingerprint density at radius 3 is 2.89 bits per heavy atom. The third-order valence-corrected chi connectivity index (χ3v) is 2.89. The standard InChI is InChI=1S/C13H12FN5/c1-15-12-10-7-19(18-13(10)17-8-16-12)6-9-4-2-3-5-11(9)14/h2-5,7-8H,6H2,1H3,(H,15,16,17,18). The summed E-state index contributed by atoms with van der Waals surface area (Å²) in [5.74, 6) is 0.478. The molecule has 0 atom stereocenters. The van der Waals surface area contributed by atoms with Gasteiger partial charge in [0, 0.05) is 18.8 Å². The fourth-order valence-corrected chi connectivity index (χ4v) is 1.97. The maximum atomic E-state index is 13.6. The molecule has 0 amide bonds. The number of benzene rings is 1. The molecule has 1 N–H and O–H groups in total. The number of aromatic nitrogens is 4. The van der Waals surface area contributed by atoms with E-state index in [0.29, 0.717) is 23.6 Å². The van der Waals surface area contributed by atoms with E-state index in [4.69, 9.17) is 0 Å². The summed E-state index contributed by atoms with van der Waals surface area (Å²) in [6, 6.07) is 6.66. The number of halogens is 1. The van der Waals surface area contributed by atoms with Crippen LogP contribution in [0.1, 0.15) is 5.56 Å². The molecule has 0 saturated carbocycles. The Bertz CT molecular complexity index is 722. The van der Waals surface area contributed by atoms with Gasteiger partial charge in [0.1, 0.15) is 18.0 Å². The molecule has 0 radical (unpaired) electrons. The van der Waals surface area contributed by atoms with E-state index in [9.17, 15) is 4.39 Å². The van der Waals surface area contributed by atoms with Gasteiger partial charge in [-0.2, -0.15) is 5.10 Å². The predicted octanol–water partition coefficient (Wildman–Crippen LogP) is 2.06. The van der Waals surface area contributed by atoms with Crippen molar-refractivity contribution in [3.05, 3.63) is 48.2 Å². The Kier molecular flexibility index (Phi) is 2.83. The number of hydrogen-bond acceptors (Lipinski definition) is 4. The van der Waals surface area contributed by atoms with Crippen LogP contribution in [0, 0.1) is 5.82 Å². The molecule has 2 heterocycles. The van der Waals surface area contributed by atoms with E-state index >= 15 is 0 Å². The van der Waals surface area contributed by atoms with Gasteiger partial charge in [0.25, 0.3) is 0 Å². The molecule has 0 spiro atoms. The van der Waals surface area contributed by atoms with Crippen LogP contribution in [0.2, 0.25) is 0 Å². The summed E-state index contributed by atoms with van der Waals surface area (Å²) < 4.78 is 15.3. The average Bonchev–Trinajstić information content (AvgIpc) is 2.83. The van der Waals surface area contributed by atoms with Gasteiger partial charge >= 0.3 is 0 Å². The van der Waals surface area contributed by atoms with Crippen LogP contribution >= 0.6 is 0 Å². The molecule has 6 heteroatoms. The van der Waals surface area contributed by atoms with Crippen LogP contribution in [-0.2, 0) is 6.54 Å². The minimum Gasteiger partial charge on any atom is -0.372 e. The summed E-state index contributed by atoms with van der Waals surface area (Å²) in [7, 11) is 1.79. The number of fused-ring (bicyclic) bond motifs is 1. The normalized spacial score (nSPS) is 10.8. The van der Waals surface area contributed by atoms with Crippen LogP contribution in [-0.4, -0.2) is 26.8 Å². The molecule has 0 bridgehead atoms. The highest BCUT2D eigenvalue weighted by Gasteiger charge is 2.08. The number of nitrogens with zero attached hydrogens (tertiary/aromatic N) is 4. The monoisotopic (exact) mass is 257 g/mol. The molecule has 0 unspecified atom stereocenters. The van der Waals surface area contributed by atoms with Crippen molar-refractivity contribution in [1.29, 1.82) is 0 Å². The minimum atomic E-state index is -0.234. The van der Waals surface area contributed by atoms with E-state index in [1.807, 2.05) is 6.20 Å². The van der Waals surface area contributed by atoms with Crippen molar-refractivity contribution in [3.63, 3.8) is 0 Å². The largest absolute Gasteiger partial charge is 0.372 e. The molecular weight excluding hydrogens is 245 g/mol. The predicted molar refractivity (Wildman–Crippen MR) is 70.4 cm³/mol. The number of hydrogen-bond donors (Lipinski definition) is 1. The van der Waals surface area contributed by atoms with Crippen molar-refractivity contribution in [2.24, 2.45) is 0 Å². The first-order valence-electron chi connectivity index (χ1n) is 5.87. The first kappa shape index (κ1) is 11.6. The average molecular weight is 257 g/mol. The minimum absolute atomic E-state index is 0.234. The topological polar surface area (TPSA) is 55.6 Å². The van der Waals surface area contributed by atoms with Gasteiger partial charge in [0.15, 0.2) is 5.65 Å². The molecule has 0 saturated heterocycles. The molecule has 0 aliphatic heterocycles. The number of nitrogens with one attached hydrogen (secondary N) is 1. The van der Waals surface area contributed by atoms with Gasteiger partial charge in [0.05, 0.1) is 11.9 Å². The summed E-state index contributed by atoms with van der Waals surface area (Å²) in [6.45, 7) is 0.367. The van der Waals surface area contributed by atoms with Crippen molar-refractivity contribution in [2.45, 2.75) is 6.54 Å². The van der Waals surface area contributed by atoms with Gasteiger partial charge in [0.2, 0.25) is 0 Å². The lowest BCUT2D eigenvalue weighted by Crippen LogP contribution is -2.02. The van der Waals surface area contributed by atoms with Gasteiger partial charge in [-0.15, -0.1) is 0 Å². The van der Waals surface area contributed by atoms with Crippen molar-refractivity contribution in [1.82, 2.24) is 19.7 Å². The lowest BCUT2D eigenvalue weighted by atomic mass is 10.2. The zero-order chi connectivity index (χ0) is 13.2. The van der Waals surface area contributed by atoms with Crippen molar-refractivity contribution in [3.8, 4) is 0 Å².